The van der Waals surface area contributed by atoms with Gasteiger partial charge in [0.15, 0.2) is 0 Å². The Morgan fingerprint density at radius 3 is 2.76 bits per heavy atom. The largest absolute Gasteiger partial charge is 0.396 e. The topological polar surface area (TPSA) is 114 Å². The highest BCUT2D eigenvalue weighted by molar-refractivity contribution is 5.59. The minimum absolute atomic E-state index is 0.0316. The third-order valence-corrected chi connectivity index (χ3v) is 2.25. The van der Waals surface area contributed by atoms with E-state index in [0.29, 0.717) is 6.54 Å². The number of anilines is 2. The first kappa shape index (κ1) is 13.2. The lowest BCUT2D eigenvalue weighted by molar-refractivity contribution is -0.384. The molecule has 7 heteroatoms. The van der Waals surface area contributed by atoms with Crippen LogP contribution in [0, 0.1) is 15.5 Å². The fourth-order valence-corrected chi connectivity index (χ4v) is 1.12. The van der Waals surface area contributed by atoms with Gasteiger partial charge in [0.1, 0.15) is 5.82 Å². The lowest BCUT2D eigenvalue weighted by Gasteiger charge is -2.22. The second-order valence-corrected chi connectivity index (χ2v) is 4.54. The summed E-state index contributed by atoms with van der Waals surface area (Å²) in [6.07, 6.45) is 0. The molecule has 0 radical (unpaired) electrons. The smallest absolute Gasteiger partial charge is 0.311 e. The van der Waals surface area contributed by atoms with Crippen molar-refractivity contribution in [3.63, 3.8) is 0 Å². The molecule has 17 heavy (non-hydrogen) atoms. The molecular formula is C10H16N4O3. The molecule has 0 atom stereocenters. The van der Waals surface area contributed by atoms with Gasteiger partial charge in [-0.1, -0.05) is 13.8 Å². The molecule has 0 aromatic carbocycles. The van der Waals surface area contributed by atoms with Crippen molar-refractivity contribution in [2.24, 2.45) is 5.41 Å². The zero-order chi connectivity index (χ0) is 13.1. The van der Waals surface area contributed by atoms with Gasteiger partial charge in [-0.2, -0.15) is 0 Å². The lowest BCUT2D eigenvalue weighted by Crippen LogP contribution is -2.27. The standard InChI is InChI=1S/C10H16N4O3/c1-10(2,6-15)5-12-9-7(14(16)17)3-4-8(11)13-9/h3-4,15H,5-6H2,1-2H3,(H3,11,12,13). The number of pyridine rings is 1. The minimum Gasteiger partial charge on any atom is -0.396 e. The summed E-state index contributed by atoms with van der Waals surface area (Å²) >= 11 is 0. The van der Waals surface area contributed by atoms with E-state index in [4.69, 9.17) is 10.8 Å². The number of nitrogen functional groups attached to an aromatic ring is 1. The van der Waals surface area contributed by atoms with Crippen LogP contribution in [0.1, 0.15) is 13.8 Å². The first-order chi connectivity index (χ1) is 7.85. The van der Waals surface area contributed by atoms with Crippen molar-refractivity contribution in [3.8, 4) is 0 Å². The van der Waals surface area contributed by atoms with Crippen molar-refractivity contribution < 1.29 is 10.0 Å². The van der Waals surface area contributed by atoms with Crippen LogP contribution < -0.4 is 11.1 Å². The number of nitro groups is 1. The van der Waals surface area contributed by atoms with E-state index < -0.39 is 4.92 Å². The molecule has 0 aliphatic heterocycles. The highest BCUT2D eigenvalue weighted by Gasteiger charge is 2.20. The maximum atomic E-state index is 10.8. The van der Waals surface area contributed by atoms with Gasteiger partial charge in [0.25, 0.3) is 0 Å². The van der Waals surface area contributed by atoms with Gasteiger partial charge in [-0.05, 0) is 6.07 Å². The number of hydrogen-bond acceptors (Lipinski definition) is 6. The number of nitrogens with two attached hydrogens (primary N) is 1. The number of nitrogens with one attached hydrogen (secondary N) is 1. The van der Waals surface area contributed by atoms with Gasteiger partial charge in [-0.15, -0.1) is 0 Å². The summed E-state index contributed by atoms with van der Waals surface area (Å²) in [6, 6.07) is 2.68. The molecule has 0 saturated heterocycles. The number of aromatic nitrogens is 1. The Labute approximate surface area is 98.8 Å². The molecule has 0 fully saturated rings. The summed E-state index contributed by atoms with van der Waals surface area (Å²) in [5.41, 5.74) is 4.96. The Balaban J connectivity index is 2.89. The summed E-state index contributed by atoms with van der Waals surface area (Å²) < 4.78 is 0. The van der Waals surface area contributed by atoms with Crippen molar-refractivity contribution in [1.82, 2.24) is 4.98 Å². The Kier molecular flexibility index (Phi) is 3.84. The van der Waals surface area contributed by atoms with Crippen molar-refractivity contribution in [2.45, 2.75) is 13.8 Å². The van der Waals surface area contributed by atoms with Gasteiger partial charge in [0.05, 0.1) is 4.92 Å². The molecule has 0 bridgehead atoms. The van der Waals surface area contributed by atoms with E-state index in [0.717, 1.165) is 0 Å². The second-order valence-electron chi connectivity index (χ2n) is 4.54. The summed E-state index contributed by atoms with van der Waals surface area (Å²) in [6.45, 7) is 3.99. The molecule has 7 nitrogen and oxygen atoms in total. The van der Waals surface area contributed by atoms with Crippen molar-refractivity contribution >= 4 is 17.3 Å². The zero-order valence-electron chi connectivity index (χ0n) is 9.80. The van der Waals surface area contributed by atoms with Crippen LogP contribution in [0.15, 0.2) is 12.1 Å². The molecule has 0 aliphatic carbocycles. The maximum absolute atomic E-state index is 10.8. The van der Waals surface area contributed by atoms with E-state index in [9.17, 15) is 10.1 Å². The molecule has 1 heterocycles. The normalized spacial score (nSPS) is 11.2. The molecular weight excluding hydrogens is 224 g/mol. The summed E-state index contributed by atoms with van der Waals surface area (Å²) in [7, 11) is 0. The minimum atomic E-state index is -0.527. The average molecular weight is 240 g/mol. The number of rotatable bonds is 5. The third kappa shape index (κ3) is 3.56. The molecule has 0 unspecified atom stereocenters. The van der Waals surface area contributed by atoms with Crippen LogP contribution in [0.4, 0.5) is 17.3 Å². The molecule has 0 amide bonds. The quantitative estimate of drug-likeness (QED) is 0.522. The fraction of sp³-hybridized carbons (Fsp3) is 0.500. The van der Waals surface area contributed by atoms with Crippen LogP contribution in [0.5, 0.6) is 0 Å². The predicted molar refractivity (Wildman–Crippen MR) is 64.7 cm³/mol. The molecule has 0 aliphatic rings. The highest BCUT2D eigenvalue weighted by Crippen LogP contribution is 2.24. The Bertz CT molecular complexity index is 420. The van der Waals surface area contributed by atoms with E-state index in [1.807, 2.05) is 13.8 Å². The molecule has 0 saturated carbocycles. The van der Waals surface area contributed by atoms with Crippen LogP contribution in [-0.2, 0) is 0 Å². The number of hydrogen-bond donors (Lipinski definition) is 3. The number of aliphatic hydroxyl groups is 1. The van der Waals surface area contributed by atoms with Crippen LogP contribution >= 0.6 is 0 Å². The Morgan fingerprint density at radius 2 is 2.24 bits per heavy atom. The van der Waals surface area contributed by atoms with Crippen LogP contribution in [0.25, 0.3) is 0 Å². The van der Waals surface area contributed by atoms with Gasteiger partial charge in [0, 0.05) is 24.6 Å². The van der Waals surface area contributed by atoms with Crippen LogP contribution in [0.2, 0.25) is 0 Å². The molecule has 1 aromatic rings. The van der Waals surface area contributed by atoms with Crippen LogP contribution in [-0.4, -0.2) is 28.2 Å². The lowest BCUT2D eigenvalue weighted by atomic mass is 9.95. The van der Waals surface area contributed by atoms with Crippen molar-refractivity contribution in [1.29, 1.82) is 0 Å². The Hall–Kier alpha value is -1.89. The van der Waals surface area contributed by atoms with E-state index in [1.165, 1.54) is 12.1 Å². The second kappa shape index (κ2) is 4.96. The predicted octanol–water partition coefficient (Wildman–Crippen LogP) is 1.00. The van der Waals surface area contributed by atoms with Crippen molar-refractivity contribution in [2.75, 3.05) is 24.2 Å². The first-order valence-electron chi connectivity index (χ1n) is 5.11. The maximum Gasteiger partial charge on any atom is 0.311 e. The van der Waals surface area contributed by atoms with Crippen LogP contribution in [0.3, 0.4) is 0 Å². The molecule has 94 valence electrons. The highest BCUT2D eigenvalue weighted by atomic mass is 16.6. The molecule has 1 aromatic heterocycles. The van der Waals surface area contributed by atoms with E-state index in [-0.39, 0.29) is 29.3 Å². The number of nitrogens with zero attached hydrogens (tertiary/aromatic N) is 2. The summed E-state index contributed by atoms with van der Waals surface area (Å²) in [4.78, 5) is 14.1. The van der Waals surface area contributed by atoms with Gasteiger partial charge >= 0.3 is 5.69 Å². The SMILES string of the molecule is CC(C)(CO)CNc1nc(N)ccc1[N+](=O)[O-]. The summed E-state index contributed by atoms with van der Waals surface area (Å²) in [5.74, 6) is 0.330. The van der Waals surface area contributed by atoms with E-state index >= 15 is 0 Å². The fourth-order valence-electron chi connectivity index (χ4n) is 1.12. The summed E-state index contributed by atoms with van der Waals surface area (Å²) in [5, 5.41) is 22.7. The number of aliphatic hydroxyl groups excluding tert-OH is 1. The van der Waals surface area contributed by atoms with E-state index in [2.05, 4.69) is 10.3 Å². The third-order valence-electron chi connectivity index (χ3n) is 2.25. The van der Waals surface area contributed by atoms with Gasteiger partial charge in [-0.3, -0.25) is 10.1 Å². The zero-order valence-corrected chi connectivity index (χ0v) is 9.80. The molecule has 0 spiro atoms. The van der Waals surface area contributed by atoms with Gasteiger partial charge < -0.3 is 16.2 Å². The first-order valence-corrected chi connectivity index (χ1v) is 5.11. The van der Waals surface area contributed by atoms with Crippen molar-refractivity contribution in [3.05, 3.63) is 22.2 Å². The molecule has 4 N–H and O–H groups in total. The Morgan fingerprint density at radius 1 is 1.59 bits per heavy atom. The van der Waals surface area contributed by atoms with Gasteiger partial charge in [0.2, 0.25) is 5.82 Å². The van der Waals surface area contributed by atoms with E-state index in [1.54, 1.807) is 0 Å². The monoisotopic (exact) mass is 240 g/mol. The average Bonchev–Trinajstić information content (AvgIpc) is 2.26. The van der Waals surface area contributed by atoms with Gasteiger partial charge in [-0.25, -0.2) is 4.98 Å². The molecule has 1 rings (SSSR count).